The third-order valence-corrected chi connectivity index (χ3v) is 7.61. The maximum atomic E-state index is 14.1. The van der Waals surface area contributed by atoms with Crippen molar-refractivity contribution in [2.24, 2.45) is 11.3 Å². The molecule has 1 aliphatic rings. The van der Waals surface area contributed by atoms with E-state index in [9.17, 15) is 29.7 Å². The van der Waals surface area contributed by atoms with Crippen LogP contribution in [0, 0.1) is 11.3 Å². The van der Waals surface area contributed by atoms with Crippen molar-refractivity contribution < 1.29 is 73.5 Å². The van der Waals surface area contributed by atoms with Gasteiger partial charge >= 0.3 is 29.6 Å². The Morgan fingerprint density at radius 2 is 1.86 bits per heavy atom. The van der Waals surface area contributed by atoms with Gasteiger partial charge in [0.1, 0.15) is 12.2 Å². The van der Waals surface area contributed by atoms with E-state index in [1.165, 1.54) is 19.1 Å². The van der Waals surface area contributed by atoms with E-state index in [-0.39, 0.29) is 81.0 Å². The number of benzene rings is 2. The Bertz CT molecular complexity index is 1290. The van der Waals surface area contributed by atoms with Crippen molar-refractivity contribution in [3.63, 3.8) is 0 Å². The van der Waals surface area contributed by atoms with E-state index in [2.05, 4.69) is 5.32 Å². The Morgan fingerprint density at radius 1 is 1.14 bits per heavy atom. The van der Waals surface area contributed by atoms with Crippen molar-refractivity contribution in [3.8, 4) is 11.5 Å². The number of nitrogens with zero attached hydrogens (tertiary/aromatic N) is 1. The number of amides is 2. The summed E-state index contributed by atoms with van der Waals surface area (Å²) in [5.74, 6) is -1.71. The molecule has 0 bridgehead atoms. The zero-order chi connectivity index (χ0) is 31.7. The number of anilines is 1. The van der Waals surface area contributed by atoms with Gasteiger partial charge in [-0.3, -0.25) is 9.59 Å². The van der Waals surface area contributed by atoms with E-state index >= 15 is 0 Å². The summed E-state index contributed by atoms with van der Waals surface area (Å²) in [6.45, 7) is 3.53. The van der Waals surface area contributed by atoms with Crippen molar-refractivity contribution in [2.75, 3.05) is 45.4 Å². The monoisotopic (exact) mass is 642 g/mol. The van der Waals surface area contributed by atoms with Crippen LogP contribution in [0.25, 0.3) is 0 Å². The number of halogens is 1. The van der Waals surface area contributed by atoms with Gasteiger partial charge in [-0.1, -0.05) is 37.6 Å². The molecule has 3 rings (SSSR count). The summed E-state index contributed by atoms with van der Waals surface area (Å²) < 4.78 is 17.7. The molecule has 44 heavy (non-hydrogen) atoms. The number of ether oxygens (including phenoxy) is 3. The maximum Gasteiger partial charge on any atom is 1.00 e. The predicted octanol–water partition coefficient (Wildman–Crippen LogP) is -0.764. The fraction of sp³-hybridized carbons (Fsp3) is 0.516. The minimum absolute atomic E-state index is 0. The number of rotatable bonds is 15. The largest absolute Gasteiger partial charge is 1.00 e. The van der Waals surface area contributed by atoms with E-state index in [1.807, 2.05) is 13.8 Å². The van der Waals surface area contributed by atoms with Crippen molar-refractivity contribution in [3.05, 3.63) is 52.5 Å². The van der Waals surface area contributed by atoms with Gasteiger partial charge < -0.3 is 44.5 Å². The number of aliphatic hydroxyl groups excluding tert-OH is 2. The van der Waals surface area contributed by atoms with Gasteiger partial charge in [0.15, 0.2) is 11.5 Å². The van der Waals surface area contributed by atoms with E-state index in [4.69, 9.17) is 25.8 Å². The second kappa shape index (κ2) is 17.4. The van der Waals surface area contributed by atoms with Crippen LogP contribution in [0.4, 0.5) is 5.69 Å². The van der Waals surface area contributed by atoms with Crippen molar-refractivity contribution in [1.82, 2.24) is 5.32 Å². The number of carbonyl (C=O) groups excluding carboxylic acids is 3. The first kappa shape index (κ1) is 37.8. The number of hydrogen-bond donors (Lipinski definition) is 3. The van der Waals surface area contributed by atoms with Gasteiger partial charge in [-0.2, -0.15) is 0 Å². The maximum absolute atomic E-state index is 14.1. The second-order valence-corrected chi connectivity index (χ2v) is 11.8. The van der Waals surface area contributed by atoms with Gasteiger partial charge in [-0.15, -0.1) is 0 Å². The molecular weight excluding hydrogens is 603 g/mol. The number of aliphatic carboxylic acids is 1. The normalized spacial score (nSPS) is 17.2. The van der Waals surface area contributed by atoms with Crippen LogP contribution in [-0.4, -0.2) is 74.6 Å². The van der Waals surface area contributed by atoms with Crippen molar-refractivity contribution in [2.45, 2.75) is 51.7 Å². The zero-order valence-corrected chi connectivity index (χ0v) is 28.7. The topological polar surface area (TPSA) is 158 Å². The van der Waals surface area contributed by atoms with Crippen molar-refractivity contribution in [1.29, 1.82) is 0 Å². The molecule has 1 unspecified atom stereocenters. The fourth-order valence-corrected chi connectivity index (χ4v) is 5.31. The summed E-state index contributed by atoms with van der Waals surface area (Å²) in [4.78, 5) is 39.8. The summed E-state index contributed by atoms with van der Waals surface area (Å²) in [6.07, 6.45) is -2.12. The molecule has 0 aromatic heterocycles. The summed E-state index contributed by atoms with van der Waals surface area (Å²) in [6, 6.07) is 10.4. The van der Waals surface area contributed by atoms with Gasteiger partial charge in [-0.05, 0) is 49.4 Å². The zero-order valence-electron chi connectivity index (χ0n) is 25.9. The molecule has 3 atom stereocenters. The Morgan fingerprint density at radius 3 is 2.48 bits per heavy atom. The number of aliphatic hydroxyl groups is 2. The van der Waals surface area contributed by atoms with Gasteiger partial charge in [-0.25, -0.2) is 0 Å². The molecule has 0 spiro atoms. The van der Waals surface area contributed by atoms with Crippen LogP contribution in [0.2, 0.25) is 5.02 Å². The number of para-hydroxylation sites is 1. The van der Waals surface area contributed by atoms with E-state index in [0.29, 0.717) is 39.8 Å². The molecule has 0 aliphatic carbocycles. The number of fused-ring (bicyclic) bond motifs is 1. The first-order chi connectivity index (χ1) is 20.4. The van der Waals surface area contributed by atoms with Crippen LogP contribution < -0.4 is 54.4 Å². The molecule has 0 saturated heterocycles. The molecule has 3 N–H and O–H groups in total. The quantitative estimate of drug-likeness (QED) is 0.212. The fourth-order valence-electron chi connectivity index (χ4n) is 5.13. The van der Waals surface area contributed by atoms with Crippen LogP contribution in [0.3, 0.4) is 0 Å². The van der Waals surface area contributed by atoms with Crippen LogP contribution in [-0.2, 0) is 19.1 Å². The standard InChI is InChI=1S/C31H41ClN2O9.Na/c1-31(2,18-36)17-34-23-9-8-20(32)15-22(23)28(21-6-5-7-24(41-3)29(21)42-4)43-25(30(34)40)16-26(37)33-12-10-19(11-13-35)14-27(38)39;/h5-9,15,19,25,28,35-36H,10-14,16-18H2,1-4H3,(H,33,37)(H,38,39);/q;+1/p-1/t19?,25-,28-;/m1./s1. The smallest absolute Gasteiger partial charge is 0.550 e. The third-order valence-electron chi connectivity index (χ3n) is 7.37. The Kier molecular flexibility index (Phi) is 14.9. The number of nitrogens with one attached hydrogen (secondary N) is 1. The second-order valence-electron chi connectivity index (χ2n) is 11.3. The number of hydrogen-bond acceptors (Lipinski definition) is 9. The average Bonchev–Trinajstić information content (AvgIpc) is 3.06. The Balaban J connectivity index is 0.00000675. The molecule has 0 saturated carbocycles. The van der Waals surface area contributed by atoms with Gasteiger partial charge in [0.05, 0.1) is 20.6 Å². The van der Waals surface area contributed by atoms with Crippen LogP contribution in [0.15, 0.2) is 36.4 Å². The molecule has 11 nitrogen and oxygen atoms in total. The summed E-state index contributed by atoms with van der Waals surface area (Å²) in [5, 5.41) is 33.5. The molecule has 2 aromatic rings. The minimum Gasteiger partial charge on any atom is -0.550 e. The Labute approximate surface area is 285 Å². The molecule has 236 valence electrons. The SMILES string of the molecule is COc1cccc([C@H]2O[C@H](CC(=O)NCCC(CCO)CC(=O)[O-])C(=O)N(CC(C)(C)CO)c3ccc(Cl)cc32)c1OC.[Na+]. The summed E-state index contributed by atoms with van der Waals surface area (Å²) in [5.41, 5.74) is 0.954. The van der Waals surface area contributed by atoms with E-state index in [0.717, 1.165) is 0 Å². The molecule has 13 heteroatoms. The van der Waals surface area contributed by atoms with E-state index < -0.39 is 35.4 Å². The number of carboxylic acid groups (broad SMARTS) is 1. The molecule has 1 heterocycles. The first-order valence-corrected chi connectivity index (χ1v) is 14.5. The number of carbonyl (C=O) groups is 3. The first-order valence-electron chi connectivity index (χ1n) is 14.1. The molecule has 2 amide bonds. The molecule has 0 radical (unpaired) electrons. The number of carboxylic acids is 1. The summed E-state index contributed by atoms with van der Waals surface area (Å²) in [7, 11) is 3.00. The minimum atomic E-state index is -1.24. The van der Waals surface area contributed by atoms with Crippen LogP contribution in [0.1, 0.15) is 56.8 Å². The molecule has 2 aromatic carbocycles. The molecule has 0 fully saturated rings. The molecule has 1 aliphatic heterocycles. The van der Waals surface area contributed by atoms with Gasteiger partial charge in [0.25, 0.3) is 5.91 Å². The summed E-state index contributed by atoms with van der Waals surface area (Å²) >= 11 is 6.44. The average molecular weight is 643 g/mol. The van der Waals surface area contributed by atoms with E-state index in [1.54, 1.807) is 36.4 Å². The Hall–Kier alpha value is -2.38. The van der Waals surface area contributed by atoms with Crippen LogP contribution >= 0.6 is 11.6 Å². The van der Waals surface area contributed by atoms with Gasteiger partial charge in [0, 0.05) is 59.5 Å². The van der Waals surface area contributed by atoms with Crippen molar-refractivity contribution >= 4 is 35.1 Å². The van der Waals surface area contributed by atoms with Crippen LogP contribution in [0.5, 0.6) is 11.5 Å². The third kappa shape index (κ3) is 9.81. The van der Waals surface area contributed by atoms with Gasteiger partial charge in [0.2, 0.25) is 5.91 Å². The predicted molar refractivity (Wildman–Crippen MR) is 158 cm³/mol. The molecular formula is C31H40ClN2NaO9. The number of methoxy groups -OCH3 is 2.